The number of rotatable bonds is 7. The van der Waals surface area contributed by atoms with Crippen molar-refractivity contribution in [3.05, 3.63) is 84.2 Å². The molecular formula is C26H27N5O3. The normalized spacial score (nSPS) is 15.4. The fourth-order valence-corrected chi connectivity index (χ4v) is 4.06. The summed E-state index contributed by atoms with van der Waals surface area (Å²) >= 11 is 0. The smallest absolute Gasteiger partial charge is 0.246 e. The molecule has 1 aliphatic rings. The van der Waals surface area contributed by atoms with Gasteiger partial charge in [0.15, 0.2) is 0 Å². The molecule has 0 bridgehead atoms. The van der Waals surface area contributed by atoms with Gasteiger partial charge in [0.05, 0.1) is 0 Å². The molecule has 8 nitrogen and oxygen atoms in total. The van der Waals surface area contributed by atoms with Gasteiger partial charge in [0.1, 0.15) is 35.0 Å². The molecule has 1 unspecified atom stereocenters. The molecule has 1 aliphatic heterocycles. The third-order valence-electron chi connectivity index (χ3n) is 5.77. The minimum atomic E-state index is -0.279. The number of carbonyl (C=O) groups excluding carboxylic acids is 2. The van der Waals surface area contributed by atoms with E-state index >= 15 is 0 Å². The van der Waals surface area contributed by atoms with Crippen LogP contribution in [0, 0.1) is 6.92 Å². The molecular weight excluding hydrogens is 430 g/mol. The average Bonchev–Trinajstić information content (AvgIpc) is 2.84. The van der Waals surface area contributed by atoms with E-state index in [9.17, 15) is 9.59 Å². The second kappa shape index (κ2) is 10.2. The first-order valence-electron chi connectivity index (χ1n) is 11.1. The highest BCUT2D eigenvalue weighted by molar-refractivity contribution is 6.15. The number of piperidine rings is 1. The first-order valence-corrected chi connectivity index (χ1v) is 11.1. The second-order valence-electron chi connectivity index (χ2n) is 8.18. The molecule has 1 amide bonds. The first-order chi connectivity index (χ1) is 16.5. The highest BCUT2D eigenvalue weighted by Crippen LogP contribution is 2.28. The van der Waals surface area contributed by atoms with Crippen molar-refractivity contribution in [3.63, 3.8) is 0 Å². The van der Waals surface area contributed by atoms with E-state index in [0.29, 0.717) is 36.0 Å². The minimum absolute atomic E-state index is 0.0683. The number of ether oxygens (including phenoxy) is 1. The Hall–Kier alpha value is -4.20. The van der Waals surface area contributed by atoms with Crippen molar-refractivity contribution < 1.29 is 14.3 Å². The zero-order chi connectivity index (χ0) is 24.1. The van der Waals surface area contributed by atoms with Crippen LogP contribution < -0.4 is 15.8 Å². The summed E-state index contributed by atoms with van der Waals surface area (Å²) in [6.07, 6.45) is 4.31. The van der Waals surface area contributed by atoms with Crippen LogP contribution in [0.4, 0.5) is 11.6 Å². The number of aryl methyl sites for hydroxylation is 1. The molecule has 8 heteroatoms. The summed E-state index contributed by atoms with van der Waals surface area (Å²) in [4.78, 5) is 35.6. The molecule has 174 valence electrons. The fourth-order valence-electron chi connectivity index (χ4n) is 4.06. The Morgan fingerprint density at radius 2 is 1.97 bits per heavy atom. The molecule has 0 saturated carbocycles. The summed E-state index contributed by atoms with van der Waals surface area (Å²) in [5.41, 5.74) is 7.57. The number of nitrogens with one attached hydrogen (secondary N) is 1. The van der Waals surface area contributed by atoms with Gasteiger partial charge in [0, 0.05) is 24.7 Å². The van der Waals surface area contributed by atoms with E-state index in [0.717, 1.165) is 18.4 Å². The average molecular weight is 458 g/mol. The molecule has 1 fully saturated rings. The van der Waals surface area contributed by atoms with E-state index in [4.69, 9.17) is 10.5 Å². The lowest BCUT2D eigenvalue weighted by Gasteiger charge is -2.33. The molecule has 2 heterocycles. The number of likely N-dealkylation sites (tertiary alicyclic amines) is 1. The highest BCUT2D eigenvalue weighted by Gasteiger charge is 2.26. The predicted octanol–water partition coefficient (Wildman–Crippen LogP) is 3.98. The number of carbonyl (C=O) groups is 2. The van der Waals surface area contributed by atoms with Crippen LogP contribution in [0.15, 0.2) is 67.5 Å². The maximum atomic E-state index is 13.5. The third-order valence-corrected chi connectivity index (χ3v) is 5.77. The quantitative estimate of drug-likeness (QED) is 0.408. The summed E-state index contributed by atoms with van der Waals surface area (Å²) in [6, 6.07) is 14.6. The molecule has 0 radical (unpaired) electrons. The van der Waals surface area contributed by atoms with Gasteiger partial charge in [-0.25, -0.2) is 9.97 Å². The fraction of sp³-hybridized carbons (Fsp3) is 0.231. The molecule has 1 aromatic heterocycles. The van der Waals surface area contributed by atoms with Crippen molar-refractivity contribution in [1.29, 1.82) is 0 Å². The zero-order valence-corrected chi connectivity index (χ0v) is 19.0. The van der Waals surface area contributed by atoms with Crippen LogP contribution in [0.5, 0.6) is 11.5 Å². The van der Waals surface area contributed by atoms with Crippen LogP contribution in [0.3, 0.4) is 0 Å². The lowest BCUT2D eigenvalue weighted by atomic mass is 9.98. The molecule has 1 atom stereocenters. The number of amides is 1. The van der Waals surface area contributed by atoms with Crippen molar-refractivity contribution in [2.75, 3.05) is 24.1 Å². The van der Waals surface area contributed by atoms with E-state index in [1.807, 2.05) is 43.3 Å². The zero-order valence-electron chi connectivity index (χ0n) is 19.0. The molecule has 3 N–H and O–H groups in total. The Morgan fingerprint density at radius 3 is 2.71 bits per heavy atom. The summed E-state index contributed by atoms with van der Waals surface area (Å²) in [7, 11) is 0. The number of aromatic nitrogens is 2. The van der Waals surface area contributed by atoms with Gasteiger partial charge in [-0.2, -0.15) is 0 Å². The number of nitrogen functional groups attached to an aromatic ring is 1. The summed E-state index contributed by atoms with van der Waals surface area (Å²) in [6.45, 7) is 6.58. The summed E-state index contributed by atoms with van der Waals surface area (Å²) < 4.78 is 5.87. The molecule has 3 aromatic rings. The lowest BCUT2D eigenvalue weighted by Crippen LogP contribution is -2.44. The Balaban J connectivity index is 1.57. The monoisotopic (exact) mass is 457 g/mol. The van der Waals surface area contributed by atoms with E-state index < -0.39 is 0 Å². The Labute approximate surface area is 198 Å². The van der Waals surface area contributed by atoms with Gasteiger partial charge in [-0.3, -0.25) is 9.59 Å². The predicted molar refractivity (Wildman–Crippen MR) is 131 cm³/mol. The number of benzene rings is 2. The topological polar surface area (TPSA) is 110 Å². The van der Waals surface area contributed by atoms with Crippen LogP contribution in [0.2, 0.25) is 0 Å². The van der Waals surface area contributed by atoms with Crippen LogP contribution in [0.25, 0.3) is 0 Å². The first kappa shape index (κ1) is 23.0. The summed E-state index contributed by atoms with van der Waals surface area (Å²) in [5, 5.41) is 3.31. The van der Waals surface area contributed by atoms with Gasteiger partial charge in [-0.1, -0.05) is 24.8 Å². The SMILES string of the molecule is C=CC(=O)N1CCCC(Nc2ncnc(N)c2C(=O)c2ccc(Oc3ccccc3)cc2C)C1. The van der Waals surface area contributed by atoms with E-state index in [-0.39, 0.29) is 29.1 Å². The van der Waals surface area contributed by atoms with Gasteiger partial charge in [0.2, 0.25) is 11.7 Å². The highest BCUT2D eigenvalue weighted by atomic mass is 16.5. The Morgan fingerprint density at radius 1 is 1.18 bits per heavy atom. The number of ketones is 1. The van der Waals surface area contributed by atoms with Crippen molar-refractivity contribution in [2.24, 2.45) is 0 Å². The number of hydrogen-bond acceptors (Lipinski definition) is 7. The molecule has 0 aliphatic carbocycles. The van der Waals surface area contributed by atoms with Crippen molar-refractivity contribution in [3.8, 4) is 11.5 Å². The van der Waals surface area contributed by atoms with Gasteiger partial charge in [-0.15, -0.1) is 0 Å². The largest absolute Gasteiger partial charge is 0.457 e. The van der Waals surface area contributed by atoms with Crippen molar-refractivity contribution >= 4 is 23.3 Å². The van der Waals surface area contributed by atoms with Gasteiger partial charge >= 0.3 is 0 Å². The standard InChI is InChI=1S/C26H27N5O3/c1-3-22(32)31-13-7-8-18(15-31)30-26-23(25(27)28-16-29-26)24(33)21-12-11-20(14-17(21)2)34-19-9-5-4-6-10-19/h3-6,9-12,14,16,18H,1,7-8,13,15H2,2H3,(H3,27,28,29,30). The summed E-state index contributed by atoms with van der Waals surface area (Å²) in [5.74, 6) is 1.41. The molecule has 1 saturated heterocycles. The molecule has 0 spiro atoms. The van der Waals surface area contributed by atoms with E-state index in [2.05, 4.69) is 21.9 Å². The number of hydrogen-bond donors (Lipinski definition) is 2. The minimum Gasteiger partial charge on any atom is -0.457 e. The van der Waals surface area contributed by atoms with Crippen LogP contribution in [-0.2, 0) is 4.79 Å². The number of nitrogens with two attached hydrogens (primary N) is 1. The van der Waals surface area contributed by atoms with Gasteiger partial charge < -0.3 is 20.7 Å². The van der Waals surface area contributed by atoms with Crippen molar-refractivity contribution in [2.45, 2.75) is 25.8 Å². The Kier molecular flexibility index (Phi) is 6.87. The number of para-hydroxylation sites is 1. The number of anilines is 2. The number of nitrogens with zero attached hydrogens (tertiary/aromatic N) is 3. The third kappa shape index (κ3) is 5.06. The maximum absolute atomic E-state index is 13.5. The van der Waals surface area contributed by atoms with E-state index in [1.165, 1.54) is 12.4 Å². The maximum Gasteiger partial charge on any atom is 0.246 e. The second-order valence-corrected chi connectivity index (χ2v) is 8.18. The molecule has 2 aromatic carbocycles. The van der Waals surface area contributed by atoms with E-state index in [1.54, 1.807) is 17.0 Å². The van der Waals surface area contributed by atoms with Gasteiger partial charge in [-0.05, 0) is 61.7 Å². The lowest BCUT2D eigenvalue weighted by molar-refractivity contribution is -0.127. The van der Waals surface area contributed by atoms with Crippen LogP contribution in [0.1, 0.15) is 34.3 Å². The Bertz CT molecular complexity index is 1210. The van der Waals surface area contributed by atoms with Gasteiger partial charge in [0.25, 0.3) is 0 Å². The van der Waals surface area contributed by atoms with Crippen LogP contribution >= 0.6 is 0 Å². The van der Waals surface area contributed by atoms with Crippen molar-refractivity contribution in [1.82, 2.24) is 14.9 Å². The molecule has 34 heavy (non-hydrogen) atoms. The van der Waals surface area contributed by atoms with Crippen LogP contribution in [-0.4, -0.2) is 45.7 Å². The molecule has 4 rings (SSSR count).